The highest BCUT2D eigenvalue weighted by Crippen LogP contribution is 2.36. The number of hydrogen-bond donors (Lipinski definition) is 1. The van der Waals surface area contributed by atoms with E-state index in [2.05, 4.69) is 28.9 Å². The molecule has 0 radical (unpaired) electrons. The molecule has 3 aromatic rings. The van der Waals surface area contributed by atoms with E-state index in [1.165, 1.54) is 9.75 Å². The lowest BCUT2D eigenvalue weighted by Crippen LogP contribution is -2.41. The number of thiophene rings is 1. The Morgan fingerprint density at radius 2 is 2.11 bits per heavy atom. The molecule has 1 aromatic carbocycles. The van der Waals surface area contributed by atoms with Gasteiger partial charge in [-0.25, -0.2) is 4.39 Å². The van der Waals surface area contributed by atoms with E-state index in [1.807, 2.05) is 29.5 Å². The highest BCUT2D eigenvalue weighted by atomic mass is 32.1. The van der Waals surface area contributed by atoms with Gasteiger partial charge in [0, 0.05) is 34.3 Å². The molecule has 0 spiro atoms. The van der Waals surface area contributed by atoms with E-state index in [9.17, 15) is 9.90 Å². The van der Waals surface area contributed by atoms with Crippen molar-refractivity contribution in [3.8, 4) is 5.75 Å². The molecule has 0 saturated carbocycles. The van der Waals surface area contributed by atoms with Gasteiger partial charge in [-0.05, 0) is 112 Å². The monoisotopic (exact) mass is 512 g/mol. The third-order valence-corrected chi connectivity index (χ3v) is 8.53. The number of benzene rings is 1. The van der Waals surface area contributed by atoms with Crippen LogP contribution in [0.25, 0.3) is 10.9 Å². The van der Waals surface area contributed by atoms with Gasteiger partial charge in [0.1, 0.15) is 11.9 Å². The first-order valence-corrected chi connectivity index (χ1v) is 13.8. The molecule has 5 nitrogen and oxygen atoms in total. The van der Waals surface area contributed by atoms with Crippen LogP contribution in [0.5, 0.6) is 5.75 Å². The van der Waals surface area contributed by atoms with Crippen molar-refractivity contribution in [3.05, 3.63) is 57.9 Å². The Bertz CT molecular complexity index is 1150. The third kappa shape index (κ3) is 7.04. The van der Waals surface area contributed by atoms with Crippen molar-refractivity contribution >= 4 is 28.2 Å². The maximum Gasteiger partial charge on any atom is 0.303 e. The molecule has 7 heteroatoms. The Morgan fingerprint density at radius 1 is 1.25 bits per heavy atom. The summed E-state index contributed by atoms with van der Waals surface area (Å²) in [7, 11) is 1.60. The Labute approximate surface area is 217 Å². The molecule has 0 bridgehead atoms. The molecule has 1 aliphatic rings. The average molecular weight is 513 g/mol. The van der Waals surface area contributed by atoms with Crippen LogP contribution in [0.1, 0.15) is 60.0 Å². The van der Waals surface area contributed by atoms with Gasteiger partial charge in [0.05, 0.1) is 12.6 Å². The number of hydrogen-bond acceptors (Lipinski definition) is 5. The summed E-state index contributed by atoms with van der Waals surface area (Å²) in [5.41, 5.74) is 1.38. The molecule has 3 heterocycles. The molecule has 3 atom stereocenters. The van der Waals surface area contributed by atoms with Crippen LogP contribution in [-0.4, -0.2) is 47.7 Å². The molecule has 36 heavy (non-hydrogen) atoms. The van der Waals surface area contributed by atoms with Crippen molar-refractivity contribution in [2.24, 2.45) is 11.8 Å². The van der Waals surface area contributed by atoms with Gasteiger partial charge in [0.2, 0.25) is 0 Å². The molecule has 1 N–H and O–H groups in total. The zero-order valence-electron chi connectivity index (χ0n) is 21.3. The van der Waals surface area contributed by atoms with E-state index in [0.717, 1.165) is 56.2 Å². The van der Waals surface area contributed by atoms with Gasteiger partial charge in [-0.3, -0.25) is 9.78 Å². The second-order valence-electron chi connectivity index (χ2n) is 10.0. The standard InChI is InChI=1S/C29H37FN2O3S/c1-20-6-9-24(36-20)5-3-4-15-32-16-13-21(22(19-32)17-29(33)34)7-10-27(30)25-12-14-31-28-11-8-23(35-2)18-26(25)28/h6,8-9,11-12,14,18,21-22,27H,3-5,7,10,13,15-17,19H2,1-2H3,(H,33,34)/t21-,22+,27+/m1/s1. The molecule has 2 aromatic heterocycles. The minimum absolute atomic E-state index is 0.0673. The van der Waals surface area contributed by atoms with Gasteiger partial charge < -0.3 is 14.7 Å². The first-order valence-electron chi connectivity index (χ1n) is 13.0. The minimum atomic E-state index is -1.12. The van der Waals surface area contributed by atoms with Crippen LogP contribution in [-0.2, 0) is 11.2 Å². The van der Waals surface area contributed by atoms with Gasteiger partial charge in [-0.1, -0.05) is 0 Å². The Hall–Kier alpha value is -2.51. The lowest BCUT2D eigenvalue weighted by molar-refractivity contribution is -0.139. The number of rotatable bonds is 12. The van der Waals surface area contributed by atoms with Crippen LogP contribution in [0, 0.1) is 18.8 Å². The van der Waals surface area contributed by atoms with Crippen LogP contribution in [0.4, 0.5) is 4.39 Å². The number of alkyl halides is 1. The van der Waals surface area contributed by atoms with Crippen molar-refractivity contribution in [1.82, 2.24) is 9.88 Å². The second-order valence-corrected chi connectivity index (χ2v) is 11.4. The average Bonchev–Trinajstić information content (AvgIpc) is 3.29. The topological polar surface area (TPSA) is 62.7 Å². The highest BCUT2D eigenvalue weighted by Gasteiger charge is 2.31. The fourth-order valence-electron chi connectivity index (χ4n) is 5.51. The van der Waals surface area contributed by atoms with Crippen molar-refractivity contribution in [2.75, 3.05) is 26.7 Å². The summed E-state index contributed by atoms with van der Waals surface area (Å²) < 4.78 is 20.8. The zero-order chi connectivity index (χ0) is 25.5. The summed E-state index contributed by atoms with van der Waals surface area (Å²) in [4.78, 5) is 21.2. The largest absolute Gasteiger partial charge is 0.497 e. The summed E-state index contributed by atoms with van der Waals surface area (Å²) in [5, 5.41) is 10.3. The number of carboxylic acids is 1. The highest BCUT2D eigenvalue weighted by molar-refractivity contribution is 7.11. The van der Waals surface area contributed by atoms with Crippen LogP contribution >= 0.6 is 11.3 Å². The third-order valence-electron chi connectivity index (χ3n) is 7.47. The normalized spacial score (nSPS) is 19.4. The van der Waals surface area contributed by atoms with Crippen molar-refractivity contribution < 1.29 is 19.0 Å². The van der Waals surface area contributed by atoms with Crippen LogP contribution in [0.15, 0.2) is 42.6 Å². The number of aryl methyl sites for hydroxylation is 2. The Morgan fingerprint density at radius 3 is 2.86 bits per heavy atom. The summed E-state index contributed by atoms with van der Waals surface area (Å²) in [6, 6.07) is 11.7. The van der Waals surface area contributed by atoms with E-state index in [-0.39, 0.29) is 18.3 Å². The van der Waals surface area contributed by atoms with Crippen molar-refractivity contribution in [3.63, 3.8) is 0 Å². The van der Waals surface area contributed by atoms with Crippen LogP contribution in [0.2, 0.25) is 0 Å². The van der Waals surface area contributed by atoms with Gasteiger partial charge in [0.25, 0.3) is 0 Å². The van der Waals surface area contributed by atoms with Gasteiger partial charge in [-0.15, -0.1) is 11.3 Å². The maximum absolute atomic E-state index is 15.5. The number of unbranched alkanes of at least 4 members (excludes halogenated alkanes) is 1. The predicted octanol–water partition coefficient (Wildman–Crippen LogP) is 6.84. The minimum Gasteiger partial charge on any atom is -0.497 e. The zero-order valence-corrected chi connectivity index (χ0v) is 22.1. The molecule has 4 rings (SSSR count). The Kier molecular flexibility index (Phi) is 9.32. The number of aliphatic carboxylic acids is 1. The summed E-state index contributed by atoms with van der Waals surface area (Å²) in [6.07, 6.45) is 6.08. The molecule has 0 aliphatic carbocycles. The second kappa shape index (κ2) is 12.6. The van der Waals surface area contributed by atoms with E-state index >= 15 is 4.39 Å². The van der Waals surface area contributed by atoms with E-state index in [4.69, 9.17) is 4.74 Å². The number of piperidine rings is 1. The predicted molar refractivity (Wildman–Crippen MR) is 144 cm³/mol. The fourth-order valence-corrected chi connectivity index (χ4v) is 6.44. The quantitative estimate of drug-likeness (QED) is 0.269. The molecule has 1 aliphatic heterocycles. The number of likely N-dealkylation sites (tertiary alicyclic amines) is 1. The number of ether oxygens (including phenoxy) is 1. The molecule has 1 fully saturated rings. The number of aromatic nitrogens is 1. The SMILES string of the molecule is COc1ccc2nccc([C@@H](F)CC[C@@H]3CCN(CCCCc4ccc(C)s4)C[C@@H]3CC(=O)O)c2c1. The molecule has 0 amide bonds. The molecule has 194 valence electrons. The van der Waals surface area contributed by atoms with E-state index < -0.39 is 12.1 Å². The smallest absolute Gasteiger partial charge is 0.303 e. The van der Waals surface area contributed by atoms with E-state index in [1.54, 1.807) is 19.4 Å². The van der Waals surface area contributed by atoms with Crippen molar-refractivity contribution in [2.45, 2.75) is 58.0 Å². The van der Waals surface area contributed by atoms with Gasteiger partial charge in [-0.2, -0.15) is 0 Å². The fraction of sp³-hybridized carbons (Fsp3) is 0.517. The van der Waals surface area contributed by atoms with Gasteiger partial charge in [0.15, 0.2) is 0 Å². The Balaban J connectivity index is 1.31. The van der Waals surface area contributed by atoms with Crippen LogP contribution < -0.4 is 4.74 Å². The number of pyridine rings is 1. The lowest BCUT2D eigenvalue weighted by atomic mass is 9.79. The summed E-state index contributed by atoms with van der Waals surface area (Å²) in [5.74, 6) is 0.220. The number of carboxylic acid groups (broad SMARTS) is 1. The first-order chi connectivity index (χ1) is 17.4. The molecule has 1 saturated heterocycles. The van der Waals surface area contributed by atoms with E-state index in [0.29, 0.717) is 24.2 Å². The van der Waals surface area contributed by atoms with Crippen LogP contribution in [0.3, 0.4) is 0 Å². The number of fused-ring (bicyclic) bond motifs is 1. The maximum atomic E-state index is 15.5. The number of carbonyl (C=O) groups is 1. The summed E-state index contributed by atoms with van der Waals surface area (Å²) >= 11 is 1.87. The number of halogens is 1. The van der Waals surface area contributed by atoms with Crippen molar-refractivity contribution in [1.29, 1.82) is 0 Å². The lowest BCUT2D eigenvalue weighted by Gasteiger charge is -2.38. The first kappa shape index (κ1) is 26.6. The summed E-state index contributed by atoms with van der Waals surface area (Å²) in [6.45, 7) is 4.90. The molecular weight excluding hydrogens is 475 g/mol. The number of nitrogens with zero attached hydrogens (tertiary/aromatic N) is 2. The molecule has 0 unspecified atom stereocenters. The van der Waals surface area contributed by atoms with Gasteiger partial charge >= 0.3 is 5.97 Å². The number of methoxy groups -OCH3 is 1. The molecular formula is C29H37FN2O3S.